The summed E-state index contributed by atoms with van der Waals surface area (Å²) in [6.45, 7) is 3.46. The van der Waals surface area contributed by atoms with E-state index < -0.39 is 10.0 Å². The molecule has 2 aromatic carbocycles. The van der Waals surface area contributed by atoms with Gasteiger partial charge in [-0.2, -0.15) is 4.31 Å². The van der Waals surface area contributed by atoms with E-state index in [4.69, 9.17) is 4.74 Å². The Hall–Kier alpha value is -3.69. The molecular formula is C26H26N4O4S. The minimum atomic E-state index is -3.56. The maximum atomic E-state index is 13.0. The van der Waals surface area contributed by atoms with Crippen molar-refractivity contribution in [2.24, 2.45) is 0 Å². The van der Waals surface area contributed by atoms with Gasteiger partial charge in [-0.25, -0.2) is 13.4 Å². The van der Waals surface area contributed by atoms with Gasteiger partial charge < -0.3 is 14.0 Å². The van der Waals surface area contributed by atoms with E-state index in [1.54, 1.807) is 53.4 Å². The zero-order valence-corrected chi connectivity index (χ0v) is 20.2. The Morgan fingerprint density at radius 3 is 2.34 bits per heavy atom. The molecular weight excluding hydrogens is 464 g/mol. The number of aromatic nitrogens is 2. The first-order chi connectivity index (χ1) is 16.9. The monoisotopic (exact) mass is 490 g/mol. The van der Waals surface area contributed by atoms with Gasteiger partial charge in [0, 0.05) is 44.1 Å². The summed E-state index contributed by atoms with van der Waals surface area (Å²) in [4.78, 5) is 19.4. The number of pyridine rings is 1. The van der Waals surface area contributed by atoms with Crippen LogP contribution in [-0.4, -0.2) is 59.1 Å². The topological polar surface area (TPSA) is 84.2 Å². The predicted octanol–water partition coefficient (Wildman–Crippen LogP) is 3.37. The van der Waals surface area contributed by atoms with E-state index in [0.29, 0.717) is 31.0 Å². The second kappa shape index (κ2) is 9.52. The molecule has 1 saturated heterocycles. The number of sulfonamides is 1. The number of carbonyl (C=O) groups excluding carboxylic acids is 1. The molecule has 0 saturated carbocycles. The van der Waals surface area contributed by atoms with Crippen LogP contribution in [0.2, 0.25) is 0 Å². The lowest BCUT2D eigenvalue weighted by Gasteiger charge is -2.34. The minimum Gasteiger partial charge on any atom is -0.487 e. The first kappa shape index (κ1) is 23.1. The fourth-order valence-corrected chi connectivity index (χ4v) is 5.50. The average molecular weight is 491 g/mol. The number of rotatable bonds is 6. The third-order valence-electron chi connectivity index (χ3n) is 6.09. The minimum absolute atomic E-state index is 0.121. The van der Waals surface area contributed by atoms with Gasteiger partial charge in [-0.15, -0.1) is 0 Å². The van der Waals surface area contributed by atoms with Crippen LogP contribution >= 0.6 is 0 Å². The summed E-state index contributed by atoms with van der Waals surface area (Å²) in [6, 6.07) is 19.6. The highest BCUT2D eigenvalue weighted by Crippen LogP contribution is 2.20. The second-order valence-corrected chi connectivity index (χ2v) is 10.5. The smallest absolute Gasteiger partial charge is 0.253 e. The van der Waals surface area contributed by atoms with E-state index in [9.17, 15) is 13.2 Å². The summed E-state index contributed by atoms with van der Waals surface area (Å²) < 4.78 is 35.0. The van der Waals surface area contributed by atoms with Gasteiger partial charge in [0.25, 0.3) is 5.91 Å². The molecule has 0 spiro atoms. The maximum absolute atomic E-state index is 13.0. The highest BCUT2D eigenvalue weighted by molar-refractivity contribution is 7.89. The average Bonchev–Trinajstić information content (AvgIpc) is 3.31. The number of nitrogens with zero attached hydrogens (tertiary/aromatic N) is 4. The molecule has 3 heterocycles. The number of fused-ring (bicyclic) bond motifs is 1. The summed E-state index contributed by atoms with van der Waals surface area (Å²) in [5, 5.41) is 0. The first-order valence-corrected chi connectivity index (χ1v) is 12.9. The molecule has 0 radical (unpaired) electrons. The lowest BCUT2D eigenvalue weighted by atomic mass is 10.2. The number of hydrogen-bond donors (Lipinski definition) is 0. The van der Waals surface area contributed by atoms with E-state index in [-0.39, 0.29) is 23.9 Å². The van der Waals surface area contributed by atoms with Crippen molar-refractivity contribution < 1.29 is 17.9 Å². The fraction of sp³-hybridized carbons (Fsp3) is 0.231. The number of hydrogen-bond acceptors (Lipinski definition) is 5. The Balaban J connectivity index is 1.17. The van der Waals surface area contributed by atoms with Crippen molar-refractivity contribution in [1.82, 2.24) is 18.6 Å². The highest BCUT2D eigenvalue weighted by Gasteiger charge is 2.30. The van der Waals surface area contributed by atoms with Gasteiger partial charge in [0.2, 0.25) is 10.0 Å². The van der Waals surface area contributed by atoms with Crippen LogP contribution in [0.4, 0.5) is 0 Å². The Morgan fingerprint density at radius 2 is 1.66 bits per heavy atom. The van der Waals surface area contributed by atoms with E-state index >= 15 is 0 Å². The van der Waals surface area contributed by atoms with Crippen molar-refractivity contribution in [3.8, 4) is 5.75 Å². The van der Waals surface area contributed by atoms with Gasteiger partial charge in [-0.1, -0.05) is 23.8 Å². The van der Waals surface area contributed by atoms with Gasteiger partial charge in [0.1, 0.15) is 18.0 Å². The molecule has 180 valence electrons. The quantitative estimate of drug-likeness (QED) is 0.414. The number of amides is 1. The third kappa shape index (κ3) is 4.91. The van der Waals surface area contributed by atoms with Crippen LogP contribution in [-0.2, 0) is 16.6 Å². The summed E-state index contributed by atoms with van der Waals surface area (Å²) in [6.07, 6.45) is 3.86. The number of carbonyl (C=O) groups is 1. The lowest BCUT2D eigenvalue weighted by molar-refractivity contribution is 0.0698. The van der Waals surface area contributed by atoms with Crippen molar-refractivity contribution in [3.63, 3.8) is 0 Å². The molecule has 1 fully saturated rings. The SMILES string of the molecule is Cc1ccc(S(=O)(=O)N2CCN(C(=O)c3ccc(OCc4cn5ccccc5n4)cc3)CC2)cc1. The van der Waals surface area contributed by atoms with Gasteiger partial charge in [-0.05, 0) is 55.5 Å². The van der Waals surface area contributed by atoms with Crippen molar-refractivity contribution >= 4 is 21.6 Å². The molecule has 1 amide bonds. The normalized spacial score (nSPS) is 14.8. The van der Waals surface area contributed by atoms with E-state index in [0.717, 1.165) is 16.9 Å². The van der Waals surface area contributed by atoms with E-state index in [1.165, 1.54) is 4.31 Å². The number of benzene rings is 2. The molecule has 0 N–H and O–H groups in total. The van der Waals surface area contributed by atoms with Crippen LogP contribution in [0.1, 0.15) is 21.6 Å². The highest BCUT2D eigenvalue weighted by atomic mass is 32.2. The Bertz CT molecular complexity index is 1410. The van der Waals surface area contributed by atoms with Crippen LogP contribution in [0, 0.1) is 6.92 Å². The van der Waals surface area contributed by atoms with Gasteiger partial charge >= 0.3 is 0 Å². The number of aryl methyl sites for hydroxylation is 1. The van der Waals surface area contributed by atoms with E-state index in [2.05, 4.69) is 4.98 Å². The Morgan fingerprint density at radius 1 is 0.943 bits per heavy atom. The largest absolute Gasteiger partial charge is 0.487 e. The predicted molar refractivity (Wildman–Crippen MR) is 132 cm³/mol. The molecule has 0 bridgehead atoms. The molecule has 2 aromatic heterocycles. The lowest BCUT2D eigenvalue weighted by Crippen LogP contribution is -2.50. The zero-order chi connectivity index (χ0) is 24.4. The second-order valence-electron chi connectivity index (χ2n) is 8.52. The van der Waals surface area contributed by atoms with Crippen LogP contribution in [0.3, 0.4) is 0 Å². The van der Waals surface area contributed by atoms with Crippen LogP contribution < -0.4 is 4.74 Å². The molecule has 35 heavy (non-hydrogen) atoms. The number of piperazine rings is 1. The third-order valence-corrected chi connectivity index (χ3v) is 8.00. The molecule has 0 atom stereocenters. The standard InChI is InChI=1S/C26H26N4O4S/c1-20-5-11-24(12-6-20)35(32,33)30-16-14-28(15-17-30)26(31)21-7-9-23(10-8-21)34-19-22-18-29-13-3-2-4-25(29)27-22/h2-13,18H,14-17,19H2,1H3. The molecule has 1 aliphatic heterocycles. The van der Waals surface area contributed by atoms with E-state index in [1.807, 2.05) is 41.9 Å². The van der Waals surface area contributed by atoms with Crippen LogP contribution in [0.25, 0.3) is 5.65 Å². The van der Waals surface area contributed by atoms with Crippen LogP contribution in [0.15, 0.2) is 84.0 Å². The molecule has 8 nitrogen and oxygen atoms in total. The molecule has 1 aliphatic rings. The van der Waals surface area contributed by atoms with Gasteiger partial charge in [-0.3, -0.25) is 4.79 Å². The molecule has 0 unspecified atom stereocenters. The number of imidazole rings is 1. The summed E-state index contributed by atoms with van der Waals surface area (Å²) in [5.74, 6) is 0.525. The first-order valence-electron chi connectivity index (χ1n) is 11.4. The molecule has 9 heteroatoms. The van der Waals surface area contributed by atoms with Gasteiger partial charge in [0.05, 0.1) is 10.6 Å². The Labute approximate surface area is 204 Å². The Kier molecular flexibility index (Phi) is 6.27. The summed E-state index contributed by atoms with van der Waals surface area (Å²) in [7, 11) is -3.56. The molecule has 4 aromatic rings. The summed E-state index contributed by atoms with van der Waals surface area (Å²) >= 11 is 0. The molecule has 5 rings (SSSR count). The maximum Gasteiger partial charge on any atom is 0.253 e. The van der Waals surface area contributed by atoms with Crippen molar-refractivity contribution in [3.05, 3.63) is 95.9 Å². The van der Waals surface area contributed by atoms with Gasteiger partial charge in [0.15, 0.2) is 0 Å². The van der Waals surface area contributed by atoms with Crippen LogP contribution in [0.5, 0.6) is 5.75 Å². The fourth-order valence-electron chi connectivity index (χ4n) is 4.08. The molecule has 0 aliphatic carbocycles. The zero-order valence-electron chi connectivity index (χ0n) is 19.4. The van der Waals surface area contributed by atoms with Crippen molar-refractivity contribution in [1.29, 1.82) is 0 Å². The number of ether oxygens (including phenoxy) is 1. The summed E-state index contributed by atoms with van der Waals surface area (Å²) in [5.41, 5.74) is 3.22. The van der Waals surface area contributed by atoms with Crippen molar-refractivity contribution in [2.45, 2.75) is 18.4 Å². The van der Waals surface area contributed by atoms with Crippen molar-refractivity contribution in [2.75, 3.05) is 26.2 Å².